The number of thiophene rings is 1. The maximum absolute atomic E-state index is 5.13. The Morgan fingerprint density at radius 1 is 0.365 bits per heavy atom. The van der Waals surface area contributed by atoms with Crippen molar-refractivity contribution >= 4 is 42.5 Å². The minimum Gasteiger partial charge on any atom is -0.292 e. The van der Waals surface area contributed by atoms with Crippen LogP contribution >= 0.6 is 11.3 Å². The molecule has 0 unspecified atom stereocenters. The van der Waals surface area contributed by atoms with E-state index in [0.717, 1.165) is 28.1 Å². The van der Waals surface area contributed by atoms with E-state index >= 15 is 0 Å². The second-order valence-corrected chi connectivity index (χ2v) is 14.2. The number of benzene rings is 8. The van der Waals surface area contributed by atoms with E-state index in [-0.39, 0.29) is 0 Å². The Balaban J connectivity index is 1.20. The van der Waals surface area contributed by atoms with E-state index in [4.69, 9.17) is 4.98 Å². The quantitative estimate of drug-likeness (QED) is 0.171. The van der Waals surface area contributed by atoms with Crippen molar-refractivity contribution in [2.45, 2.75) is 0 Å². The SMILES string of the molecule is c1ccc(-c2cc(-c3ccccc3)c3sc4c(-c5ccc(-c6nc7ccccc7n6-c6ccccc6)cc5)cc(-c5ccccc5)cc4c3c2)cc1. The van der Waals surface area contributed by atoms with Gasteiger partial charge in [-0.2, -0.15) is 0 Å². The van der Waals surface area contributed by atoms with Crippen LogP contribution < -0.4 is 0 Å². The van der Waals surface area contributed by atoms with E-state index in [9.17, 15) is 0 Å². The summed E-state index contributed by atoms with van der Waals surface area (Å²) < 4.78 is 4.86. The van der Waals surface area contributed by atoms with E-state index in [1.54, 1.807) is 0 Å². The molecule has 0 atom stereocenters. The molecular formula is C49H32N2S. The number of hydrogen-bond acceptors (Lipinski definition) is 2. The summed E-state index contributed by atoms with van der Waals surface area (Å²) in [5.41, 5.74) is 14.0. The Labute approximate surface area is 306 Å². The van der Waals surface area contributed by atoms with Crippen LogP contribution in [0.2, 0.25) is 0 Å². The van der Waals surface area contributed by atoms with Crippen LogP contribution in [0, 0.1) is 0 Å². The van der Waals surface area contributed by atoms with Gasteiger partial charge >= 0.3 is 0 Å². The van der Waals surface area contributed by atoms with Crippen molar-refractivity contribution in [1.29, 1.82) is 0 Å². The lowest BCUT2D eigenvalue weighted by molar-refractivity contribution is 1.10. The minimum atomic E-state index is 0.935. The largest absolute Gasteiger partial charge is 0.292 e. The number of nitrogens with zero attached hydrogens (tertiary/aromatic N) is 2. The molecule has 0 saturated heterocycles. The fraction of sp³-hybridized carbons (Fsp3) is 0. The van der Waals surface area contributed by atoms with Gasteiger partial charge in [0.15, 0.2) is 0 Å². The van der Waals surface area contributed by atoms with Gasteiger partial charge in [0.2, 0.25) is 0 Å². The molecule has 0 fully saturated rings. The summed E-state index contributed by atoms with van der Waals surface area (Å²) in [6, 6.07) is 69.7. The third kappa shape index (κ3) is 5.22. The maximum Gasteiger partial charge on any atom is 0.145 e. The van der Waals surface area contributed by atoms with Crippen molar-refractivity contribution in [3.05, 3.63) is 194 Å². The Hall–Kier alpha value is -6.55. The Bertz CT molecular complexity index is 2850. The molecule has 2 nitrogen and oxygen atoms in total. The van der Waals surface area contributed by atoms with E-state index < -0.39 is 0 Å². The normalized spacial score (nSPS) is 11.5. The first-order chi connectivity index (χ1) is 25.8. The van der Waals surface area contributed by atoms with Gasteiger partial charge in [-0.05, 0) is 81.9 Å². The molecule has 52 heavy (non-hydrogen) atoms. The predicted molar refractivity (Wildman–Crippen MR) is 221 cm³/mol. The number of para-hydroxylation sites is 3. The summed E-state index contributed by atoms with van der Waals surface area (Å²) in [6.45, 7) is 0. The third-order valence-corrected chi connectivity index (χ3v) is 11.3. The van der Waals surface area contributed by atoms with Crippen molar-refractivity contribution in [3.8, 4) is 61.6 Å². The number of imidazole rings is 1. The third-order valence-electron chi connectivity index (χ3n) is 10.0. The standard InChI is InChI=1S/C49H32N2S/c1-5-15-33(16-6-1)38-29-41(35-19-9-3-10-20-35)47-43(31-38)44-32-39(34-17-7-2-8-18-34)30-42(48(44)52-47)36-25-27-37(28-26-36)49-50-45-23-13-14-24-46(45)51(49)40-21-11-4-12-22-40/h1-32H. The molecule has 0 spiro atoms. The van der Waals surface area contributed by atoms with Gasteiger partial charge in [0.1, 0.15) is 5.82 Å². The maximum atomic E-state index is 5.13. The summed E-state index contributed by atoms with van der Waals surface area (Å²) in [4.78, 5) is 5.13. The number of hydrogen-bond donors (Lipinski definition) is 0. The molecule has 10 rings (SSSR count). The molecule has 2 aromatic heterocycles. The lowest BCUT2D eigenvalue weighted by Gasteiger charge is -2.12. The van der Waals surface area contributed by atoms with Crippen LogP contribution in [0.1, 0.15) is 0 Å². The van der Waals surface area contributed by atoms with Crippen molar-refractivity contribution in [2.75, 3.05) is 0 Å². The monoisotopic (exact) mass is 680 g/mol. The van der Waals surface area contributed by atoms with Crippen LogP contribution in [0.15, 0.2) is 194 Å². The second kappa shape index (κ2) is 12.6. The molecule has 0 bridgehead atoms. The van der Waals surface area contributed by atoms with Crippen molar-refractivity contribution in [3.63, 3.8) is 0 Å². The smallest absolute Gasteiger partial charge is 0.145 e. The lowest BCUT2D eigenvalue weighted by Crippen LogP contribution is -1.97. The summed E-state index contributed by atoms with van der Waals surface area (Å²) >= 11 is 1.90. The van der Waals surface area contributed by atoms with Crippen LogP contribution in [-0.4, -0.2) is 9.55 Å². The van der Waals surface area contributed by atoms with Crippen LogP contribution in [0.25, 0.3) is 92.8 Å². The molecule has 244 valence electrons. The van der Waals surface area contributed by atoms with Crippen LogP contribution in [0.3, 0.4) is 0 Å². The zero-order valence-electron chi connectivity index (χ0n) is 28.3. The molecule has 3 heteroatoms. The second-order valence-electron chi connectivity index (χ2n) is 13.2. The molecule has 2 heterocycles. The van der Waals surface area contributed by atoms with E-state index in [1.165, 1.54) is 64.7 Å². The first-order valence-electron chi connectivity index (χ1n) is 17.6. The van der Waals surface area contributed by atoms with Gasteiger partial charge < -0.3 is 0 Å². The first-order valence-corrected chi connectivity index (χ1v) is 18.4. The van der Waals surface area contributed by atoms with Crippen molar-refractivity contribution in [2.24, 2.45) is 0 Å². The topological polar surface area (TPSA) is 17.8 Å². The minimum absolute atomic E-state index is 0.935. The molecule has 0 aliphatic heterocycles. The number of aromatic nitrogens is 2. The van der Waals surface area contributed by atoms with E-state index in [0.29, 0.717) is 0 Å². The number of rotatable bonds is 6. The summed E-state index contributed by atoms with van der Waals surface area (Å²) in [6.07, 6.45) is 0. The average Bonchev–Trinajstić information content (AvgIpc) is 3.81. The fourth-order valence-electron chi connectivity index (χ4n) is 7.48. The molecular weight excluding hydrogens is 649 g/mol. The Kier molecular flexibility index (Phi) is 7.37. The molecule has 10 aromatic rings. The van der Waals surface area contributed by atoms with Crippen molar-refractivity contribution in [1.82, 2.24) is 9.55 Å². The predicted octanol–water partition coefficient (Wildman–Crippen LogP) is 13.7. The highest BCUT2D eigenvalue weighted by molar-refractivity contribution is 7.27. The van der Waals surface area contributed by atoms with Gasteiger partial charge in [0, 0.05) is 42.6 Å². The Morgan fingerprint density at radius 3 is 1.37 bits per heavy atom. The lowest BCUT2D eigenvalue weighted by atomic mass is 9.93. The highest BCUT2D eigenvalue weighted by Crippen LogP contribution is 2.47. The zero-order valence-corrected chi connectivity index (χ0v) is 29.1. The fourth-order valence-corrected chi connectivity index (χ4v) is 8.81. The Morgan fingerprint density at radius 2 is 0.808 bits per heavy atom. The van der Waals surface area contributed by atoms with Gasteiger partial charge in [-0.15, -0.1) is 11.3 Å². The first kappa shape index (κ1) is 30.3. The van der Waals surface area contributed by atoms with Gasteiger partial charge in [-0.1, -0.05) is 146 Å². The van der Waals surface area contributed by atoms with Crippen molar-refractivity contribution < 1.29 is 0 Å². The summed E-state index contributed by atoms with van der Waals surface area (Å²) in [5, 5.41) is 2.56. The highest BCUT2D eigenvalue weighted by Gasteiger charge is 2.19. The molecule has 0 aliphatic carbocycles. The molecule has 0 saturated carbocycles. The molecule has 0 aliphatic rings. The van der Waals surface area contributed by atoms with Crippen LogP contribution in [-0.2, 0) is 0 Å². The van der Waals surface area contributed by atoms with Gasteiger partial charge in [0.05, 0.1) is 11.0 Å². The van der Waals surface area contributed by atoms with Crippen LogP contribution in [0.5, 0.6) is 0 Å². The average molecular weight is 681 g/mol. The molecule has 8 aromatic carbocycles. The van der Waals surface area contributed by atoms with Crippen LogP contribution in [0.4, 0.5) is 0 Å². The molecule has 0 N–H and O–H groups in total. The van der Waals surface area contributed by atoms with Gasteiger partial charge in [-0.25, -0.2) is 4.98 Å². The zero-order chi connectivity index (χ0) is 34.4. The highest BCUT2D eigenvalue weighted by atomic mass is 32.1. The van der Waals surface area contributed by atoms with E-state index in [1.807, 2.05) is 11.3 Å². The molecule has 0 radical (unpaired) electrons. The van der Waals surface area contributed by atoms with Gasteiger partial charge in [0.25, 0.3) is 0 Å². The molecule has 0 amide bonds. The summed E-state index contributed by atoms with van der Waals surface area (Å²) in [5.74, 6) is 0.935. The van der Waals surface area contributed by atoms with E-state index in [2.05, 4.69) is 199 Å². The summed E-state index contributed by atoms with van der Waals surface area (Å²) in [7, 11) is 0. The number of fused-ring (bicyclic) bond motifs is 4. The van der Waals surface area contributed by atoms with Gasteiger partial charge in [-0.3, -0.25) is 4.57 Å².